The molecule has 0 heterocycles. The van der Waals surface area contributed by atoms with E-state index >= 15 is 0 Å². The fourth-order valence-corrected chi connectivity index (χ4v) is 5.29. The van der Waals surface area contributed by atoms with Crippen LogP contribution in [0.5, 0.6) is 11.5 Å². The highest BCUT2D eigenvalue weighted by atomic mass is 16.3. The maximum absolute atomic E-state index is 13.0. The van der Waals surface area contributed by atoms with Gasteiger partial charge in [-0.2, -0.15) is 0 Å². The van der Waals surface area contributed by atoms with E-state index in [0.717, 1.165) is 54.6 Å². The van der Waals surface area contributed by atoms with E-state index in [1.807, 2.05) is 41.5 Å². The first-order valence-corrected chi connectivity index (χ1v) is 10.0. The zero-order valence-corrected chi connectivity index (χ0v) is 17.9. The molecule has 0 amide bonds. The summed E-state index contributed by atoms with van der Waals surface area (Å²) in [6.45, 7) is 11.3. The van der Waals surface area contributed by atoms with Gasteiger partial charge in [-0.05, 0) is 109 Å². The Morgan fingerprint density at radius 1 is 0.467 bits per heavy atom. The van der Waals surface area contributed by atoms with Crippen molar-refractivity contribution in [3.8, 4) is 11.5 Å². The van der Waals surface area contributed by atoms with E-state index in [2.05, 4.69) is 0 Å². The van der Waals surface area contributed by atoms with Gasteiger partial charge in [0, 0.05) is 10.8 Å². The highest BCUT2D eigenvalue weighted by Gasteiger charge is 2.26. The van der Waals surface area contributed by atoms with E-state index in [9.17, 15) is 19.8 Å². The molecular formula is C26H22O4. The third-order valence-electron chi connectivity index (χ3n) is 7.04. The number of aryl methyl sites for hydroxylation is 4. The Morgan fingerprint density at radius 3 is 1.13 bits per heavy atom. The molecule has 0 aliphatic heterocycles. The molecular weight excluding hydrogens is 376 g/mol. The van der Waals surface area contributed by atoms with Gasteiger partial charge in [0.1, 0.15) is 11.5 Å². The topological polar surface area (TPSA) is 74.6 Å². The van der Waals surface area contributed by atoms with E-state index in [0.29, 0.717) is 21.9 Å². The summed E-state index contributed by atoms with van der Waals surface area (Å²) >= 11 is 0. The summed E-state index contributed by atoms with van der Waals surface area (Å²) < 4.78 is 0. The van der Waals surface area contributed by atoms with Crippen LogP contribution >= 0.6 is 0 Å². The Morgan fingerprint density at radius 2 is 0.800 bits per heavy atom. The van der Waals surface area contributed by atoms with Crippen molar-refractivity contribution in [3.63, 3.8) is 0 Å². The van der Waals surface area contributed by atoms with E-state index in [1.165, 1.54) is 0 Å². The summed E-state index contributed by atoms with van der Waals surface area (Å²) in [5.74, 6) is 0.0342. The fourth-order valence-electron chi connectivity index (χ4n) is 5.29. The van der Waals surface area contributed by atoms with Crippen LogP contribution < -0.4 is 10.9 Å². The van der Waals surface area contributed by atoms with Crippen LogP contribution in [0.2, 0.25) is 0 Å². The summed E-state index contributed by atoms with van der Waals surface area (Å²) in [5.41, 5.74) is 4.23. The zero-order chi connectivity index (χ0) is 21.8. The molecule has 5 aromatic rings. The summed E-state index contributed by atoms with van der Waals surface area (Å²) in [7, 11) is 0. The van der Waals surface area contributed by atoms with Crippen LogP contribution in [0.3, 0.4) is 0 Å². The summed E-state index contributed by atoms with van der Waals surface area (Å²) in [5, 5.41) is 27.4. The molecule has 5 rings (SSSR count). The van der Waals surface area contributed by atoms with Crippen LogP contribution in [0.1, 0.15) is 33.4 Å². The molecule has 2 N–H and O–H groups in total. The van der Waals surface area contributed by atoms with E-state index in [-0.39, 0.29) is 22.4 Å². The number of aromatic hydroxyl groups is 2. The van der Waals surface area contributed by atoms with Crippen molar-refractivity contribution in [2.45, 2.75) is 41.5 Å². The van der Waals surface area contributed by atoms with Crippen LogP contribution in [-0.2, 0) is 0 Å². The summed E-state index contributed by atoms with van der Waals surface area (Å²) in [6.07, 6.45) is 0. The van der Waals surface area contributed by atoms with Crippen molar-refractivity contribution in [2.24, 2.45) is 0 Å². The third-order valence-corrected chi connectivity index (χ3v) is 7.04. The van der Waals surface area contributed by atoms with Gasteiger partial charge >= 0.3 is 0 Å². The Balaban J connectivity index is 2.44. The van der Waals surface area contributed by atoms with Crippen LogP contribution in [0.15, 0.2) is 21.7 Å². The molecule has 4 nitrogen and oxygen atoms in total. The smallest absolute Gasteiger partial charge is 0.190 e. The van der Waals surface area contributed by atoms with Gasteiger partial charge in [0.2, 0.25) is 0 Å². The molecule has 4 heteroatoms. The minimum atomic E-state index is -0.209. The lowest BCUT2D eigenvalue weighted by atomic mass is 9.80. The van der Waals surface area contributed by atoms with Crippen molar-refractivity contribution in [2.75, 3.05) is 0 Å². The standard InChI is InChI=1S/C26H22O4/c1-9-7-15(27)21-23-17(9)18-10(2)8-16(28)22-24(18)20(12(4)14(6)26(22)30)19(23)11(3)13(5)25(21)29/h7-8,29-30H,1-6H3. The minimum Gasteiger partial charge on any atom is -0.507 e. The first-order chi connectivity index (χ1) is 14.1. The average Bonchev–Trinajstić information content (AvgIpc) is 2.68. The van der Waals surface area contributed by atoms with E-state index in [1.54, 1.807) is 12.1 Å². The Hall–Kier alpha value is -3.40. The normalized spacial score (nSPS) is 12.2. The van der Waals surface area contributed by atoms with Gasteiger partial charge in [-0.15, -0.1) is 0 Å². The highest BCUT2D eigenvalue weighted by molar-refractivity contribution is 6.36. The van der Waals surface area contributed by atoms with E-state index in [4.69, 9.17) is 0 Å². The van der Waals surface area contributed by atoms with Crippen molar-refractivity contribution < 1.29 is 10.2 Å². The van der Waals surface area contributed by atoms with Crippen LogP contribution in [0, 0.1) is 41.5 Å². The van der Waals surface area contributed by atoms with Gasteiger partial charge in [-0.3, -0.25) is 9.59 Å². The molecule has 5 aromatic carbocycles. The van der Waals surface area contributed by atoms with Crippen LogP contribution in [0.25, 0.3) is 43.1 Å². The van der Waals surface area contributed by atoms with Crippen LogP contribution in [-0.4, -0.2) is 10.2 Å². The third kappa shape index (κ3) is 1.91. The molecule has 0 saturated heterocycles. The second kappa shape index (κ2) is 5.60. The number of rotatable bonds is 0. The fraction of sp³-hybridized carbons (Fsp3) is 0.231. The highest BCUT2D eigenvalue weighted by Crippen LogP contribution is 2.49. The van der Waals surface area contributed by atoms with Gasteiger partial charge in [0.15, 0.2) is 10.9 Å². The number of phenols is 2. The second-order valence-electron chi connectivity index (χ2n) is 8.58. The molecule has 0 aliphatic rings. The average molecular weight is 398 g/mol. The van der Waals surface area contributed by atoms with Gasteiger partial charge in [0.05, 0.1) is 10.8 Å². The Bertz CT molecular complexity index is 1570. The Labute approximate surface area is 172 Å². The molecule has 0 spiro atoms. The lowest BCUT2D eigenvalue weighted by molar-refractivity contribution is 0.476. The Kier molecular flexibility index (Phi) is 3.47. The van der Waals surface area contributed by atoms with Crippen LogP contribution in [0.4, 0.5) is 0 Å². The number of hydrogen-bond acceptors (Lipinski definition) is 4. The maximum Gasteiger partial charge on any atom is 0.190 e. The molecule has 0 fully saturated rings. The largest absolute Gasteiger partial charge is 0.507 e. The molecule has 0 bridgehead atoms. The van der Waals surface area contributed by atoms with Gasteiger partial charge in [-0.1, -0.05) is 0 Å². The molecule has 0 aliphatic carbocycles. The summed E-state index contributed by atoms with van der Waals surface area (Å²) in [4.78, 5) is 26.0. The predicted octanol–water partition coefficient (Wildman–Crippen LogP) is 5.16. The molecule has 0 unspecified atom stereocenters. The van der Waals surface area contributed by atoms with Crippen molar-refractivity contribution >= 4 is 43.1 Å². The number of fused-ring (bicyclic) bond motifs is 2. The first-order valence-electron chi connectivity index (χ1n) is 10.0. The summed E-state index contributed by atoms with van der Waals surface area (Å²) in [6, 6.07) is 3.11. The molecule has 0 aromatic heterocycles. The lowest BCUT2D eigenvalue weighted by Gasteiger charge is -2.23. The predicted molar refractivity (Wildman–Crippen MR) is 123 cm³/mol. The zero-order valence-electron chi connectivity index (χ0n) is 17.9. The first kappa shape index (κ1) is 18.6. The van der Waals surface area contributed by atoms with Crippen molar-refractivity contribution in [3.05, 3.63) is 66.0 Å². The van der Waals surface area contributed by atoms with Crippen molar-refractivity contribution in [1.82, 2.24) is 0 Å². The quantitative estimate of drug-likeness (QED) is 0.279. The van der Waals surface area contributed by atoms with Gasteiger partial charge < -0.3 is 10.2 Å². The molecule has 30 heavy (non-hydrogen) atoms. The minimum absolute atomic E-state index is 0.0171. The number of benzene rings is 5. The second-order valence-corrected chi connectivity index (χ2v) is 8.58. The molecule has 0 saturated carbocycles. The molecule has 150 valence electrons. The molecule has 0 atom stereocenters. The monoisotopic (exact) mass is 398 g/mol. The number of hydrogen-bond donors (Lipinski definition) is 2. The lowest BCUT2D eigenvalue weighted by Crippen LogP contribution is -2.09. The van der Waals surface area contributed by atoms with Gasteiger partial charge in [0.25, 0.3) is 0 Å². The maximum atomic E-state index is 13.0. The molecule has 0 radical (unpaired) electrons. The SMILES string of the molecule is Cc1c(O)c2c(=O)cc(C)c3c4c(C)cc(=O)c5c(O)c(C)c(C)c(c(c1C)c23)c54. The van der Waals surface area contributed by atoms with E-state index < -0.39 is 0 Å². The van der Waals surface area contributed by atoms with Crippen molar-refractivity contribution in [1.29, 1.82) is 0 Å². The van der Waals surface area contributed by atoms with Gasteiger partial charge in [-0.25, -0.2) is 0 Å². The number of phenolic OH excluding ortho intramolecular Hbond substituents is 2.